The number of anilines is 1. The van der Waals surface area contributed by atoms with Gasteiger partial charge < -0.3 is 19.5 Å². The molecular formula is C20H20BrNO4. The van der Waals surface area contributed by atoms with Gasteiger partial charge in [0.25, 0.3) is 0 Å². The van der Waals surface area contributed by atoms with Crippen molar-refractivity contribution in [2.45, 2.75) is 0 Å². The fourth-order valence-corrected chi connectivity index (χ4v) is 3.23. The quantitative estimate of drug-likeness (QED) is 0.590. The van der Waals surface area contributed by atoms with E-state index in [-0.39, 0.29) is 11.5 Å². The highest BCUT2D eigenvalue weighted by Gasteiger charge is 2.12. The molecule has 26 heavy (non-hydrogen) atoms. The summed E-state index contributed by atoms with van der Waals surface area (Å²) < 4.78 is 11.0. The number of nitrogens with zero attached hydrogens (tertiary/aromatic N) is 1. The maximum atomic E-state index is 12.4. The zero-order chi connectivity index (χ0) is 18.5. The average molecular weight is 418 g/mol. The Kier molecular flexibility index (Phi) is 5.96. The Morgan fingerprint density at radius 1 is 1.23 bits per heavy atom. The topological polar surface area (TPSA) is 59.0 Å². The lowest BCUT2D eigenvalue weighted by atomic mass is 10.1. The maximum absolute atomic E-state index is 12.4. The number of methoxy groups -OCH3 is 1. The van der Waals surface area contributed by atoms with Crippen molar-refractivity contribution in [2.24, 2.45) is 0 Å². The molecule has 5 nitrogen and oxygen atoms in total. The van der Waals surface area contributed by atoms with Crippen LogP contribution in [-0.4, -0.2) is 44.3 Å². The number of morpholine rings is 1. The van der Waals surface area contributed by atoms with Gasteiger partial charge in [-0.25, -0.2) is 0 Å². The van der Waals surface area contributed by atoms with Crippen molar-refractivity contribution in [3.8, 4) is 11.5 Å². The Morgan fingerprint density at radius 2 is 1.92 bits per heavy atom. The molecule has 0 spiro atoms. The molecule has 1 aliphatic rings. The van der Waals surface area contributed by atoms with Gasteiger partial charge in [0.05, 0.1) is 24.8 Å². The number of phenolic OH excluding ortho intramolecular Hbond substituents is 1. The van der Waals surface area contributed by atoms with Gasteiger partial charge in [0.15, 0.2) is 17.3 Å². The molecule has 3 rings (SSSR count). The highest BCUT2D eigenvalue weighted by Crippen LogP contribution is 2.35. The van der Waals surface area contributed by atoms with Crippen molar-refractivity contribution in [3.63, 3.8) is 0 Å². The molecule has 1 aliphatic heterocycles. The van der Waals surface area contributed by atoms with E-state index in [4.69, 9.17) is 9.47 Å². The van der Waals surface area contributed by atoms with Gasteiger partial charge in [-0.3, -0.25) is 4.79 Å². The van der Waals surface area contributed by atoms with Gasteiger partial charge in [0.1, 0.15) is 0 Å². The van der Waals surface area contributed by atoms with E-state index in [0.29, 0.717) is 15.8 Å². The fraction of sp³-hybridized carbons (Fsp3) is 0.250. The van der Waals surface area contributed by atoms with Crippen LogP contribution >= 0.6 is 15.9 Å². The standard InChI is InChI=1S/C20H20BrNO4/c1-25-19-13-14(12-17(21)20(19)24)2-7-18(23)15-3-5-16(6-4-15)22-8-10-26-11-9-22/h2-7,12-13,24H,8-11H2,1H3/b7-2+. The molecule has 0 atom stereocenters. The summed E-state index contributed by atoms with van der Waals surface area (Å²) in [6, 6.07) is 11.0. The molecule has 6 heteroatoms. The normalized spacial score (nSPS) is 14.6. The lowest BCUT2D eigenvalue weighted by Gasteiger charge is -2.28. The van der Waals surface area contributed by atoms with Crippen LogP contribution in [0.1, 0.15) is 15.9 Å². The van der Waals surface area contributed by atoms with Crippen LogP contribution in [0.25, 0.3) is 6.08 Å². The second kappa shape index (κ2) is 8.38. The third-order valence-corrected chi connectivity index (χ3v) is 4.83. The number of carbonyl (C=O) groups is 1. The Balaban J connectivity index is 1.71. The average Bonchev–Trinajstić information content (AvgIpc) is 2.69. The van der Waals surface area contributed by atoms with E-state index in [1.165, 1.54) is 13.2 Å². The predicted molar refractivity (Wildman–Crippen MR) is 105 cm³/mol. The summed E-state index contributed by atoms with van der Waals surface area (Å²) >= 11 is 3.27. The zero-order valence-corrected chi connectivity index (χ0v) is 16.0. The molecule has 0 aliphatic carbocycles. The minimum Gasteiger partial charge on any atom is -0.503 e. The van der Waals surface area contributed by atoms with E-state index in [1.54, 1.807) is 18.2 Å². The van der Waals surface area contributed by atoms with Crippen LogP contribution in [-0.2, 0) is 4.74 Å². The number of phenols is 1. The van der Waals surface area contributed by atoms with Crippen molar-refractivity contribution in [1.29, 1.82) is 0 Å². The first-order valence-electron chi connectivity index (χ1n) is 8.30. The second-order valence-corrected chi connectivity index (χ2v) is 6.75. The molecule has 1 fully saturated rings. The first-order chi connectivity index (χ1) is 12.6. The summed E-state index contributed by atoms with van der Waals surface area (Å²) in [4.78, 5) is 14.6. The molecule has 0 bridgehead atoms. The predicted octanol–water partition coefficient (Wildman–Crippen LogP) is 3.90. The molecule has 1 heterocycles. The Labute approximate surface area is 161 Å². The summed E-state index contributed by atoms with van der Waals surface area (Å²) in [5, 5.41) is 9.84. The lowest BCUT2D eigenvalue weighted by molar-refractivity contribution is 0.104. The largest absolute Gasteiger partial charge is 0.503 e. The molecule has 2 aromatic rings. The van der Waals surface area contributed by atoms with Crippen LogP contribution in [0.15, 0.2) is 46.9 Å². The number of aromatic hydroxyl groups is 1. The number of hydrogen-bond donors (Lipinski definition) is 1. The van der Waals surface area contributed by atoms with Crippen molar-refractivity contribution < 1.29 is 19.4 Å². The first-order valence-corrected chi connectivity index (χ1v) is 9.09. The van der Waals surface area contributed by atoms with Gasteiger partial charge >= 0.3 is 0 Å². The lowest BCUT2D eigenvalue weighted by Crippen LogP contribution is -2.36. The van der Waals surface area contributed by atoms with Crippen LogP contribution < -0.4 is 9.64 Å². The number of halogens is 1. The highest BCUT2D eigenvalue weighted by atomic mass is 79.9. The molecule has 0 unspecified atom stereocenters. The number of ketones is 1. The van der Waals surface area contributed by atoms with Crippen LogP contribution in [0.3, 0.4) is 0 Å². The molecule has 1 N–H and O–H groups in total. The summed E-state index contributed by atoms with van der Waals surface area (Å²) in [6.07, 6.45) is 3.22. The van der Waals surface area contributed by atoms with Crippen LogP contribution in [0, 0.1) is 0 Å². The van der Waals surface area contributed by atoms with E-state index in [9.17, 15) is 9.90 Å². The van der Waals surface area contributed by atoms with Crippen LogP contribution in [0.2, 0.25) is 0 Å². The molecule has 136 valence electrons. The smallest absolute Gasteiger partial charge is 0.185 e. The van der Waals surface area contributed by atoms with Gasteiger partial charge in [-0.1, -0.05) is 6.08 Å². The summed E-state index contributed by atoms with van der Waals surface area (Å²) in [6.45, 7) is 3.19. The number of ether oxygens (including phenoxy) is 2. The van der Waals surface area contributed by atoms with Gasteiger partial charge in [0.2, 0.25) is 0 Å². The third-order valence-electron chi connectivity index (χ3n) is 4.23. The Hall–Kier alpha value is -2.31. The zero-order valence-electron chi connectivity index (χ0n) is 14.4. The number of carbonyl (C=O) groups excluding carboxylic acids is 1. The van der Waals surface area contributed by atoms with Crippen molar-refractivity contribution in [3.05, 3.63) is 58.1 Å². The van der Waals surface area contributed by atoms with Crippen molar-refractivity contribution in [2.75, 3.05) is 38.3 Å². The van der Waals surface area contributed by atoms with E-state index in [2.05, 4.69) is 20.8 Å². The molecular weight excluding hydrogens is 398 g/mol. The van der Waals surface area contributed by atoms with Crippen molar-refractivity contribution >= 4 is 33.5 Å². The summed E-state index contributed by atoms with van der Waals surface area (Å²) in [7, 11) is 1.48. The molecule has 0 radical (unpaired) electrons. The number of benzene rings is 2. The molecule has 2 aromatic carbocycles. The Morgan fingerprint density at radius 3 is 2.58 bits per heavy atom. The van der Waals surface area contributed by atoms with Crippen LogP contribution in [0.4, 0.5) is 5.69 Å². The van der Waals surface area contributed by atoms with E-state index < -0.39 is 0 Å². The minimum atomic E-state index is -0.0818. The highest BCUT2D eigenvalue weighted by molar-refractivity contribution is 9.10. The first kappa shape index (κ1) is 18.5. The van der Waals surface area contributed by atoms with E-state index >= 15 is 0 Å². The van der Waals surface area contributed by atoms with E-state index in [1.807, 2.05) is 24.3 Å². The van der Waals surface area contributed by atoms with E-state index in [0.717, 1.165) is 37.6 Å². The van der Waals surface area contributed by atoms with Gasteiger partial charge in [-0.2, -0.15) is 0 Å². The number of allylic oxidation sites excluding steroid dienone is 1. The van der Waals surface area contributed by atoms with Crippen LogP contribution in [0.5, 0.6) is 11.5 Å². The second-order valence-electron chi connectivity index (χ2n) is 5.90. The molecule has 1 saturated heterocycles. The summed E-state index contributed by atoms with van der Waals surface area (Å²) in [5.41, 5.74) is 2.48. The maximum Gasteiger partial charge on any atom is 0.185 e. The fourth-order valence-electron chi connectivity index (χ4n) is 2.77. The van der Waals surface area contributed by atoms with Crippen molar-refractivity contribution in [1.82, 2.24) is 0 Å². The molecule has 0 aromatic heterocycles. The Bertz CT molecular complexity index is 811. The van der Waals surface area contributed by atoms with Gasteiger partial charge in [-0.15, -0.1) is 0 Å². The van der Waals surface area contributed by atoms with Gasteiger partial charge in [-0.05, 0) is 64.0 Å². The molecule has 0 saturated carbocycles. The number of hydrogen-bond acceptors (Lipinski definition) is 5. The third kappa shape index (κ3) is 4.26. The minimum absolute atomic E-state index is 0.0367. The SMILES string of the molecule is COc1cc(/C=C/C(=O)c2ccc(N3CCOCC3)cc2)cc(Br)c1O. The van der Waals surface area contributed by atoms with Gasteiger partial charge in [0, 0.05) is 24.3 Å². The monoisotopic (exact) mass is 417 g/mol. The molecule has 0 amide bonds. The number of rotatable bonds is 5. The summed E-state index contributed by atoms with van der Waals surface area (Å²) in [5.74, 6) is 0.303.